The Labute approximate surface area is 138 Å². The number of hydrogen-bond donors (Lipinski definition) is 2. The van der Waals surface area contributed by atoms with Crippen LogP contribution in [0.4, 0.5) is 0 Å². The van der Waals surface area contributed by atoms with Crippen molar-refractivity contribution in [2.75, 3.05) is 0 Å². The second kappa shape index (κ2) is 5.69. The van der Waals surface area contributed by atoms with Gasteiger partial charge < -0.3 is 10.2 Å². The highest BCUT2D eigenvalue weighted by Gasteiger charge is 2.50. The summed E-state index contributed by atoms with van der Waals surface area (Å²) >= 11 is 0. The van der Waals surface area contributed by atoms with E-state index in [2.05, 4.69) is 0 Å². The number of phenolic OH excluding ortho intramolecular Hbond substituents is 1. The summed E-state index contributed by atoms with van der Waals surface area (Å²) in [6.45, 7) is 1.37. The molecule has 2 aromatic rings. The van der Waals surface area contributed by atoms with Crippen molar-refractivity contribution in [1.29, 1.82) is 0 Å². The predicted octanol–water partition coefficient (Wildman–Crippen LogP) is 1.89. The lowest BCUT2D eigenvalue weighted by atomic mass is 9.79. The van der Waals surface area contributed by atoms with E-state index in [9.17, 15) is 24.6 Å². The Morgan fingerprint density at radius 2 is 1.92 bits per heavy atom. The summed E-state index contributed by atoms with van der Waals surface area (Å²) in [6, 6.07) is 11.2. The molecule has 0 saturated carbocycles. The van der Waals surface area contributed by atoms with Crippen LogP contribution in [0.5, 0.6) is 5.75 Å². The van der Waals surface area contributed by atoms with Crippen LogP contribution >= 0.6 is 0 Å². The van der Waals surface area contributed by atoms with Gasteiger partial charge >= 0.3 is 0 Å². The van der Waals surface area contributed by atoms with Crippen LogP contribution in [0.2, 0.25) is 0 Å². The Bertz CT molecular complexity index is 855. The maximum atomic E-state index is 12.2. The molecule has 0 aromatic heterocycles. The van der Waals surface area contributed by atoms with Crippen LogP contribution in [-0.2, 0) is 21.6 Å². The van der Waals surface area contributed by atoms with Crippen molar-refractivity contribution >= 4 is 17.9 Å². The SMILES string of the molecule is CC(=O)c1ccc(C2(O)Cc3ccccc3C2C(=O)C=O)c(O)c1. The number of benzene rings is 2. The molecule has 0 fully saturated rings. The maximum absolute atomic E-state index is 12.2. The van der Waals surface area contributed by atoms with Gasteiger partial charge in [-0.25, -0.2) is 0 Å². The molecule has 5 heteroatoms. The number of ketones is 2. The van der Waals surface area contributed by atoms with Crippen LogP contribution in [0.1, 0.15) is 39.9 Å². The topological polar surface area (TPSA) is 91.7 Å². The third-order valence-corrected chi connectivity index (χ3v) is 4.57. The normalized spacial score (nSPS) is 22.0. The number of fused-ring (bicyclic) bond motifs is 1. The molecule has 2 unspecified atom stereocenters. The predicted molar refractivity (Wildman–Crippen MR) is 86.0 cm³/mol. The average Bonchev–Trinajstić information content (AvgIpc) is 2.86. The fourth-order valence-electron chi connectivity index (χ4n) is 3.45. The van der Waals surface area contributed by atoms with Crippen LogP contribution < -0.4 is 0 Å². The number of hydrogen-bond acceptors (Lipinski definition) is 5. The molecule has 0 aliphatic heterocycles. The van der Waals surface area contributed by atoms with Crippen LogP contribution in [0, 0.1) is 0 Å². The van der Waals surface area contributed by atoms with Gasteiger partial charge in [0.1, 0.15) is 11.4 Å². The summed E-state index contributed by atoms with van der Waals surface area (Å²) in [5.74, 6) is -2.33. The molecule has 3 rings (SSSR count). The molecule has 5 nitrogen and oxygen atoms in total. The highest BCUT2D eigenvalue weighted by Crippen LogP contribution is 2.49. The second-order valence-electron chi connectivity index (χ2n) is 6.04. The first-order valence-corrected chi connectivity index (χ1v) is 7.52. The molecule has 0 heterocycles. The molecule has 0 amide bonds. The number of aromatic hydroxyl groups is 1. The van der Waals surface area contributed by atoms with E-state index in [1.807, 2.05) is 0 Å². The number of carbonyl (C=O) groups excluding carboxylic acids is 3. The zero-order chi connectivity index (χ0) is 17.5. The van der Waals surface area contributed by atoms with Gasteiger partial charge in [0.25, 0.3) is 0 Å². The van der Waals surface area contributed by atoms with Crippen LogP contribution in [0.15, 0.2) is 42.5 Å². The zero-order valence-electron chi connectivity index (χ0n) is 13.0. The van der Waals surface area contributed by atoms with Gasteiger partial charge in [-0.1, -0.05) is 36.4 Å². The van der Waals surface area contributed by atoms with Crippen LogP contribution in [-0.4, -0.2) is 28.1 Å². The molecule has 0 saturated heterocycles. The molecule has 0 bridgehead atoms. The summed E-state index contributed by atoms with van der Waals surface area (Å²) in [5.41, 5.74) is 0.0149. The Morgan fingerprint density at radius 1 is 1.21 bits per heavy atom. The van der Waals surface area contributed by atoms with Gasteiger partial charge in [0.05, 0.1) is 5.92 Å². The summed E-state index contributed by atoms with van der Waals surface area (Å²) in [6.07, 6.45) is 0.291. The number of rotatable bonds is 4. The first kappa shape index (κ1) is 16.1. The number of aliphatic hydroxyl groups is 1. The molecular weight excluding hydrogens is 308 g/mol. The van der Waals surface area contributed by atoms with Gasteiger partial charge in [-0.2, -0.15) is 0 Å². The van der Waals surface area contributed by atoms with E-state index in [4.69, 9.17) is 0 Å². The third-order valence-electron chi connectivity index (χ3n) is 4.57. The first-order valence-electron chi connectivity index (χ1n) is 7.52. The lowest BCUT2D eigenvalue weighted by Gasteiger charge is -2.29. The summed E-state index contributed by atoms with van der Waals surface area (Å²) < 4.78 is 0. The largest absolute Gasteiger partial charge is 0.508 e. The molecule has 1 aliphatic carbocycles. The number of Topliss-reactive ketones (excluding diaryl/α,β-unsaturated/α-hetero) is 2. The minimum atomic E-state index is -1.74. The van der Waals surface area contributed by atoms with E-state index in [0.29, 0.717) is 11.1 Å². The van der Waals surface area contributed by atoms with E-state index in [1.165, 1.54) is 25.1 Å². The number of carbonyl (C=O) groups is 3. The molecular formula is C19H16O5. The smallest absolute Gasteiger partial charge is 0.205 e. The van der Waals surface area contributed by atoms with Gasteiger partial charge in [0.2, 0.25) is 5.78 Å². The number of phenols is 1. The zero-order valence-corrected chi connectivity index (χ0v) is 13.0. The van der Waals surface area contributed by atoms with E-state index >= 15 is 0 Å². The standard InChI is InChI=1S/C19H16O5/c1-11(21)12-6-7-15(16(22)8-12)19(24)9-13-4-2-3-5-14(13)18(19)17(23)10-20/h2-8,10,18,22,24H,9H2,1H3. The highest BCUT2D eigenvalue weighted by molar-refractivity contribution is 6.28. The van der Waals surface area contributed by atoms with E-state index in [0.717, 1.165) is 5.56 Å². The van der Waals surface area contributed by atoms with Crippen molar-refractivity contribution in [2.24, 2.45) is 0 Å². The first-order chi connectivity index (χ1) is 11.4. The van der Waals surface area contributed by atoms with E-state index < -0.39 is 17.3 Å². The second-order valence-corrected chi connectivity index (χ2v) is 6.04. The summed E-state index contributed by atoms with van der Waals surface area (Å²) in [4.78, 5) is 34.7. The highest BCUT2D eigenvalue weighted by atomic mass is 16.3. The molecule has 1 aliphatic rings. The molecule has 2 aromatic carbocycles. The van der Waals surface area contributed by atoms with Crippen molar-refractivity contribution < 1.29 is 24.6 Å². The molecule has 0 radical (unpaired) electrons. The van der Waals surface area contributed by atoms with Gasteiger partial charge in [0, 0.05) is 17.5 Å². The molecule has 24 heavy (non-hydrogen) atoms. The van der Waals surface area contributed by atoms with Crippen LogP contribution in [0.25, 0.3) is 0 Å². The van der Waals surface area contributed by atoms with E-state index in [-0.39, 0.29) is 29.8 Å². The Morgan fingerprint density at radius 3 is 2.54 bits per heavy atom. The molecule has 122 valence electrons. The van der Waals surface area contributed by atoms with Crippen molar-refractivity contribution in [2.45, 2.75) is 24.9 Å². The fraction of sp³-hybridized carbons (Fsp3) is 0.211. The summed E-state index contributed by atoms with van der Waals surface area (Å²) in [5, 5.41) is 21.5. The van der Waals surface area contributed by atoms with Crippen molar-refractivity contribution in [3.63, 3.8) is 0 Å². The van der Waals surface area contributed by atoms with Crippen molar-refractivity contribution in [3.8, 4) is 5.75 Å². The van der Waals surface area contributed by atoms with Gasteiger partial charge in [0.15, 0.2) is 12.1 Å². The lowest BCUT2D eigenvalue weighted by molar-refractivity contribution is -0.135. The molecule has 2 atom stereocenters. The molecule has 0 spiro atoms. The monoisotopic (exact) mass is 324 g/mol. The summed E-state index contributed by atoms with van der Waals surface area (Å²) in [7, 11) is 0. The third kappa shape index (κ3) is 2.34. The Hall–Kier alpha value is -2.79. The lowest BCUT2D eigenvalue weighted by Crippen LogP contribution is -2.36. The number of aldehydes is 1. The average molecular weight is 324 g/mol. The van der Waals surface area contributed by atoms with Gasteiger partial charge in [-0.15, -0.1) is 0 Å². The van der Waals surface area contributed by atoms with Crippen molar-refractivity contribution in [1.82, 2.24) is 0 Å². The van der Waals surface area contributed by atoms with Crippen LogP contribution in [0.3, 0.4) is 0 Å². The van der Waals surface area contributed by atoms with Gasteiger partial charge in [-0.3, -0.25) is 14.4 Å². The minimum Gasteiger partial charge on any atom is -0.508 e. The molecule has 2 N–H and O–H groups in total. The van der Waals surface area contributed by atoms with Gasteiger partial charge in [-0.05, 0) is 24.1 Å². The van der Waals surface area contributed by atoms with E-state index in [1.54, 1.807) is 24.3 Å². The quantitative estimate of drug-likeness (QED) is 0.509. The van der Waals surface area contributed by atoms with Crippen molar-refractivity contribution in [3.05, 3.63) is 64.7 Å². The fourth-order valence-corrected chi connectivity index (χ4v) is 3.45. The maximum Gasteiger partial charge on any atom is 0.205 e. The minimum absolute atomic E-state index is 0.0976. The Kier molecular flexibility index (Phi) is 3.81. The Balaban J connectivity index is 2.17.